The van der Waals surface area contributed by atoms with Gasteiger partial charge in [-0.2, -0.15) is 5.10 Å². The maximum absolute atomic E-state index is 12.0. The minimum atomic E-state index is -0.211. The van der Waals surface area contributed by atoms with Gasteiger partial charge >= 0.3 is 0 Å². The molecule has 0 saturated heterocycles. The van der Waals surface area contributed by atoms with Crippen molar-refractivity contribution in [3.05, 3.63) is 82.7 Å². The summed E-state index contributed by atoms with van der Waals surface area (Å²) in [6, 6.07) is 17.7. The van der Waals surface area contributed by atoms with Crippen LogP contribution in [0.5, 0.6) is 5.75 Å². The molecule has 0 radical (unpaired) electrons. The molecule has 0 aliphatic heterocycles. The van der Waals surface area contributed by atoms with Gasteiger partial charge in [0.1, 0.15) is 12.4 Å². The zero-order valence-electron chi connectivity index (χ0n) is 17.3. The van der Waals surface area contributed by atoms with Crippen molar-refractivity contribution < 1.29 is 9.53 Å². The van der Waals surface area contributed by atoms with Crippen LogP contribution in [0, 0.1) is 20.8 Å². The van der Waals surface area contributed by atoms with E-state index in [-0.39, 0.29) is 11.7 Å². The third-order valence-electron chi connectivity index (χ3n) is 4.10. The average Bonchev–Trinajstić information content (AvgIpc) is 2.72. The predicted octanol–water partition coefficient (Wildman–Crippen LogP) is 4.22. The number of amides is 1. The molecule has 3 aromatic rings. The number of carbonyl (C=O) groups excluding carboxylic acids is 1. The van der Waals surface area contributed by atoms with E-state index < -0.39 is 0 Å². The van der Waals surface area contributed by atoms with Crippen LogP contribution in [0.25, 0.3) is 0 Å². The van der Waals surface area contributed by atoms with Crippen molar-refractivity contribution in [2.45, 2.75) is 32.5 Å². The number of benzene rings is 2. The van der Waals surface area contributed by atoms with E-state index in [4.69, 9.17) is 4.74 Å². The van der Waals surface area contributed by atoms with E-state index in [1.807, 2.05) is 44.2 Å². The van der Waals surface area contributed by atoms with Gasteiger partial charge in [-0.3, -0.25) is 4.79 Å². The second-order valence-corrected chi connectivity index (χ2v) is 7.80. The molecule has 1 N–H and O–H groups in total. The van der Waals surface area contributed by atoms with Gasteiger partial charge < -0.3 is 4.74 Å². The standard InChI is InChI=1S/C23H24N4O2S/c1-16-4-6-20(7-5-16)14-29-21-10-8-19(9-11-21)13-24-27-22(28)15-30-23-25-17(2)12-18(3)26-23/h4-13H,14-15H2,1-3H3,(H,27,28)/b24-13-. The van der Waals surface area contributed by atoms with Crippen LogP contribution in [-0.2, 0) is 11.4 Å². The Morgan fingerprint density at radius 1 is 1.03 bits per heavy atom. The second-order valence-electron chi connectivity index (χ2n) is 6.86. The highest BCUT2D eigenvalue weighted by Gasteiger charge is 2.05. The van der Waals surface area contributed by atoms with Crippen molar-refractivity contribution >= 4 is 23.9 Å². The predicted molar refractivity (Wildman–Crippen MR) is 120 cm³/mol. The van der Waals surface area contributed by atoms with E-state index in [9.17, 15) is 4.79 Å². The second kappa shape index (κ2) is 10.5. The first-order chi connectivity index (χ1) is 14.5. The smallest absolute Gasteiger partial charge is 0.250 e. The summed E-state index contributed by atoms with van der Waals surface area (Å²) in [5, 5.41) is 4.59. The molecular formula is C23H24N4O2S. The minimum absolute atomic E-state index is 0.200. The molecule has 0 fully saturated rings. The van der Waals surface area contributed by atoms with Crippen LogP contribution >= 0.6 is 11.8 Å². The first kappa shape index (κ1) is 21.5. The highest BCUT2D eigenvalue weighted by atomic mass is 32.2. The first-order valence-electron chi connectivity index (χ1n) is 9.53. The van der Waals surface area contributed by atoms with Crippen molar-refractivity contribution in [2.24, 2.45) is 5.10 Å². The zero-order chi connectivity index (χ0) is 21.3. The van der Waals surface area contributed by atoms with Gasteiger partial charge in [-0.05, 0) is 62.2 Å². The SMILES string of the molecule is Cc1ccc(COc2ccc(/C=N\NC(=O)CSc3nc(C)cc(C)n3)cc2)cc1. The zero-order valence-corrected chi connectivity index (χ0v) is 18.1. The third kappa shape index (κ3) is 7.00. The van der Waals surface area contributed by atoms with Gasteiger partial charge in [0.15, 0.2) is 5.16 Å². The number of hydrazone groups is 1. The Bertz CT molecular complexity index is 998. The molecule has 0 spiro atoms. The Labute approximate surface area is 180 Å². The number of ether oxygens (including phenoxy) is 1. The molecule has 0 aliphatic rings. The summed E-state index contributed by atoms with van der Waals surface area (Å²) in [7, 11) is 0. The molecule has 154 valence electrons. The molecule has 0 bridgehead atoms. The summed E-state index contributed by atoms with van der Waals surface area (Å²) < 4.78 is 5.79. The molecule has 2 aromatic carbocycles. The van der Waals surface area contributed by atoms with Crippen LogP contribution in [0.1, 0.15) is 28.1 Å². The molecule has 7 heteroatoms. The Morgan fingerprint density at radius 3 is 2.37 bits per heavy atom. The number of carbonyl (C=O) groups is 1. The van der Waals surface area contributed by atoms with Crippen LogP contribution in [0.4, 0.5) is 0 Å². The van der Waals surface area contributed by atoms with Gasteiger partial charge in [0.25, 0.3) is 5.91 Å². The molecule has 3 rings (SSSR count). The third-order valence-corrected chi connectivity index (χ3v) is 4.95. The molecule has 1 amide bonds. The molecule has 0 saturated carbocycles. The van der Waals surface area contributed by atoms with Crippen LogP contribution in [-0.4, -0.2) is 27.8 Å². The summed E-state index contributed by atoms with van der Waals surface area (Å²) in [6.45, 7) is 6.39. The van der Waals surface area contributed by atoms with Crippen molar-refractivity contribution in [2.75, 3.05) is 5.75 Å². The van der Waals surface area contributed by atoms with E-state index >= 15 is 0 Å². The van der Waals surface area contributed by atoms with Crippen LogP contribution < -0.4 is 10.2 Å². The molecule has 1 heterocycles. The molecule has 0 unspecified atom stereocenters. The number of hydrogen-bond donors (Lipinski definition) is 1. The number of nitrogens with one attached hydrogen (secondary N) is 1. The van der Waals surface area contributed by atoms with E-state index in [1.54, 1.807) is 6.21 Å². The summed E-state index contributed by atoms with van der Waals surface area (Å²) in [6.07, 6.45) is 1.60. The highest BCUT2D eigenvalue weighted by molar-refractivity contribution is 7.99. The molecule has 30 heavy (non-hydrogen) atoms. The van der Waals surface area contributed by atoms with Crippen LogP contribution in [0.2, 0.25) is 0 Å². The maximum Gasteiger partial charge on any atom is 0.250 e. The Kier molecular flexibility index (Phi) is 7.57. The van der Waals surface area contributed by atoms with Crippen molar-refractivity contribution in [3.63, 3.8) is 0 Å². The number of aromatic nitrogens is 2. The van der Waals surface area contributed by atoms with Gasteiger partial charge in [0.2, 0.25) is 0 Å². The van der Waals surface area contributed by atoms with Crippen LogP contribution in [0.3, 0.4) is 0 Å². The fourth-order valence-electron chi connectivity index (χ4n) is 2.60. The lowest BCUT2D eigenvalue weighted by atomic mass is 10.2. The lowest BCUT2D eigenvalue weighted by Gasteiger charge is -2.07. The topological polar surface area (TPSA) is 76.5 Å². The van der Waals surface area contributed by atoms with Gasteiger partial charge in [-0.15, -0.1) is 0 Å². The van der Waals surface area contributed by atoms with E-state index in [1.165, 1.54) is 17.3 Å². The number of rotatable bonds is 8. The Balaban J connectivity index is 1.43. The molecular weight excluding hydrogens is 396 g/mol. The summed E-state index contributed by atoms with van der Waals surface area (Å²) in [4.78, 5) is 20.6. The van der Waals surface area contributed by atoms with Crippen molar-refractivity contribution in [3.8, 4) is 5.75 Å². The number of hydrogen-bond acceptors (Lipinski definition) is 6. The highest BCUT2D eigenvalue weighted by Crippen LogP contribution is 2.15. The minimum Gasteiger partial charge on any atom is -0.489 e. The van der Waals surface area contributed by atoms with E-state index in [2.05, 4.69) is 51.7 Å². The molecule has 1 aromatic heterocycles. The first-order valence-corrected chi connectivity index (χ1v) is 10.5. The quantitative estimate of drug-likeness (QED) is 0.255. The summed E-state index contributed by atoms with van der Waals surface area (Å²) in [5.41, 5.74) is 7.50. The molecule has 0 atom stereocenters. The monoisotopic (exact) mass is 420 g/mol. The lowest BCUT2D eigenvalue weighted by Crippen LogP contribution is -2.19. The van der Waals surface area contributed by atoms with Gasteiger partial charge in [-0.25, -0.2) is 15.4 Å². The number of aryl methyl sites for hydroxylation is 3. The Morgan fingerprint density at radius 2 is 1.70 bits per heavy atom. The van der Waals surface area contributed by atoms with Gasteiger partial charge in [0.05, 0.1) is 12.0 Å². The van der Waals surface area contributed by atoms with Crippen molar-refractivity contribution in [1.82, 2.24) is 15.4 Å². The van der Waals surface area contributed by atoms with Gasteiger partial charge in [-0.1, -0.05) is 41.6 Å². The Hall–Kier alpha value is -3.19. The normalized spacial score (nSPS) is 10.9. The van der Waals surface area contributed by atoms with E-state index in [0.717, 1.165) is 28.3 Å². The summed E-state index contributed by atoms with van der Waals surface area (Å²) >= 11 is 1.28. The lowest BCUT2D eigenvalue weighted by molar-refractivity contribution is -0.118. The maximum atomic E-state index is 12.0. The number of nitrogens with zero attached hydrogens (tertiary/aromatic N) is 3. The number of thioether (sulfide) groups is 1. The largest absolute Gasteiger partial charge is 0.489 e. The fourth-order valence-corrected chi connectivity index (χ4v) is 3.34. The van der Waals surface area contributed by atoms with E-state index in [0.29, 0.717) is 11.8 Å². The van der Waals surface area contributed by atoms with Crippen molar-refractivity contribution in [1.29, 1.82) is 0 Å². The molecule has 6 nitrogen and oxygen atoms in total. The van der Waals surface area contributed by atoms with Crippen LogP contribution in [0.15, 0.2) is 64.9 Å². The summed E-state index contributed by atoms with van der Waals surface area (Å²) in [5.74, 6) is 0.769. The molecule has 0 aliphatic carbocycles. The van der Waals surface area contributed by atoms with Gasteiger partial charge in [0, 0.05) is 11.4 Å². The average molecular weight is 421 g/mol. The fraction of sp³-hybridized carbons (Fsp3) is 0.217.